The summed E-state index contributed by atoms with van der Waals surface area (Å²) < 4.78 is 5.62. The van der Waals surface area contributed by atoms with Crippen LogP contribution in [0.25, 0.3) is 17.1 Å². The third-order valence-corrected chi connectivity index (χ3v) is 2.83. The molecule has 0 amide bonds. The Morgan fingerprint density at radius 1 is 1.11 bits per heavy atom. The summed E-state index contributed by atoms with van der Waals surface area (Å²) in [6, 6.07) is 3.79. The van der Waals surface area contributed by atoms with Crippen molar-refractivity contribution in [2.45, 2.75) is 0 Å². The molecule has 86 valence electrons. The van der Waals surface area contributed by atoms with Gasteiger partial charge < -0.3 is 4.40 Å². The Balaban J connectivity index is 1.94. The third kappa shape index (κ3) is 1.29. The summed E-state index contributed by atoms with van der Waals surface area (Å²) >= 11 is 0. The number of hydrogen-bond donors (Lipinski definition) is 0. The van der Waals surface area contributed by atoms with Gasteiger partial charge in [-0.05, 0) is 11.1 Å². The quantitative estimate of drug-likeness (QED) is 0.457. The first kappa shape index (κ1) is 9.29. The molecule has 0 aromatic carbocycles. The first-order chi connectivity index (χ1) is 8.90. The van der Waals surface area contributed by atoms with E-state index in [1.165, 1.54) is 0 Å². The van der Waals surface area contributed by atoms with Crippen LogP contribution in [0.2, 0.25) is 0 Å². The summed E-state index contributed by atoms with van der Waals surface area (Å²) in [6.45, 7) is 0. The van der Waals surface area contributed by atoms with E-state index in [4.69, 9.17) is 0 Å². The Morgan fingerprint density at radius 3 is 3.06 bits per heavy atom. The second-order valence-corrected chi connectivity index (χ2v) is 3.95. The molecule has 6 nitrogen and oxygen atoms in total. The zero-order valence-corrected chi connectivity index (χ0v) is 9.38. The van der Waals surface area contributed by atoms with E-state index in [1.54, 1.807) is 16.9 Å². The second-order valence-electron chi connectivity index (χ2n) is 3.95. The predicted octanol–water partition coefficient (Wildman–Crippen LogP) is 0.654. The average molecular weight is 237 g/mol. The molecule has 0 fully saturated rings. The minimum atomic E-state index is 0.819. The fourth-order valence-electron chi connectivity index (χ4n) is 1.95. The maximum atomic E-state index is 4.50. The van der Waals surface area contributed by atoms with Crippen molar-refractivity contribution in [2.24, 2.45) is 0 Å². The normalized spacial score (nSPS) is 11.3. The number of nitrogens with zero attached hydrogens (tertiary/aromatic N) is 6. The summed E-state index contributed by atoms with van der Waals surface area (Å²) in [5.74, 6) is 0.819. The van der Waals surface area contributed by atoms with Crippen molar-refractivity contribution in [3.8, 4) is 5.82 Å². The van der Waals surface area contributed by atoms with Crippen molar-refractivity contribution in [1.29, 1.82) is 0 Å². The Hall–Kier alpha value is -2.76. The van der Waals surface area contributed by atoms with Gasteiger partial charge in [0.25, 0.3) is 5.65 Å². The van der Waals surface area contributed by atoms with Gasteiger partial charge in [0.15, 0.2) is 5.65 Å². The van der Waals surface area contributed by atoms with Crippen LogP contribution in [0.1, 0.15) is 0 Å². The summed E-state index contributed by atoms with van der Waals surface area (Å²) in [6.07, 6.45) is 13.1. The maximum Gasteiger partial charge on any atom is 0.349 e. The third-order valence-electron chi connectivity index (χ3n) is 2.83. The topological polar surface area (TPSA) is 51.4 Å². The minimum absolute atomic E-state index is 0.819. The zero-order chi connectivity index (χ0) is 11.9. The second kappa shape index (κ2) is 3.36. The smallest absolute Gasteiger partial charge is 0.300 e. The average Bonchev–Trinajstić information content (AvgIpc) is 3.04. The van der Waals surface area contributed by atoms with Crippen LogP contribution in [0.3, 0.4) is 0 Å². The van der Waals surface area contributed by atoms with Gasteiger partial charge in [0.05, 0.1) is 6.20 Å². The van der Waals surface area contributed by atoms with Crippen LogP contribution in [0.15, 0.2) is 55.5 Å². The van der Waals surface area contributed by atoms with Crippen molar-refractivity contribution in [3.63, 3.8) is 0 Å². The van der Waals surface area contributed by atoms with Crippen LogP contribution < -0.4 is 4.57 Å². The van der Waals surface area contributed by atoms with Crippen LogP contribution in [0, 0.1) is 0 Å². The monoisotopic (exact) mass is 237 g/mol. The molecule has 0 saturated heterocycles. The zero-order valence-electron chi connectivity index (χ0n) is 9.38. The van der Waals surface area contributed by atoms with E-state index in [0.29, 0.717) is 0 Å². The number of hydrogen-bond acceptors (Lipinski definition) is 3. The number of rotatable bonds is 1. The lowest BCUT2D eigenvalue weighted by Gasteiger charge is -1.93. The van der Waals surface area contributed by atoms with Crippen LogP contribution in [-0.4, -0.2) is 24.0 Å². The van der Waals surface area contributed by atoms with E-state index in [9.17, 15) is 0 Å². The Kier molecular flexibility index (Phi) is 1.74. The first-order valence-electron chi connectivity index (χ1n) is 5.55. The summed E-state index contributed by atoms with van der Waals surface area (Å²) in [7, 11) is 0. The first-order valence-corrected chi connectivity index (χ1v) is 5.55. The van der Waals surface area contributed by atoms with Crippen LogP contribution in [-0.2, 0) is 0 Å². The molecule has 0 saturated carbocycles. The van der Waals surface area contributed by atoms with Crippen molar-refractivity contribution in [1.82, 2.24) is 24.0 Å². The Morgan fingerprint density at radius 2 is 2.11 bits per heavy atom. The molecule has 0 bridgehead atoms. The number of aromatic nitrogens is 6. The highest BCUT2D eigenvalue weighted by atomic mass is 15.3. The minimum Gasteiger partial charge on any atom is -0.300 e. The standard InChI is InChI=1S/C12H9N6/c1-2-10-15-12(9-18(10)14-3-1)17-7-6-16-5-4-13-11(16)8-17/h1-9H/q+1. The largest absolute Gasteiger partial charge is 0.349 e. The summed E-state index contributed by atoms with van der Waals surface area (Å²) in [4.78, 5) is 8.75. The molecular formula is C12H9N6+. The number of fused-ring (bicyclic) bond motifs is 2. The highest BCUT2D eigenvalue weighted by molar-refractivity contribution is 5.39. The molecule has 0 atom stereocenters. The maximum absolute atomic E-state index is 4.50. The number of imidazole rings is 2. The van der Waals surface area contributed by atoms with Gasteiger partial charge >= 0.3 is 5.82 Å². The Labute approximate surface area is 102 Å². The SMILES string of the molecule is c1cnn2cc(-[n+]3ccn4ccnc4c3)nc2c1. The van der Waals surface area contributed by atoms with Gasteiger partial charge in [-0.25, -0.2) is 4.98 Å². The van der Waals surface area contributed by atoms with Gasteiger partial charge in [0, 0.05) is 24.7 Å². The van der Waals surface area contributed by atoms with Crippen LogP contribution in [0.5, 0.6) is 0 Å². The van der Waals surface area contributed by atoms with Gasteiger partial charge in [-0.1, -0.05) is 0 Å². The molecule has 4 aromatic heterocycles. The predicted molar refractivity (Wildman–Crippen MR) is 63.3 cm³/mol. The van der Waals surface area contributed by atoms with Gasteiger partial charge in [-0.15, -0.1) is 0 Å². The fourth-order valence-corrected chi connectivity index (χ4v) is 1.95. The molecule has 0 aliphatic heterocycles. The van der Waals surface area contributed by atoms with Crippen molar-refractivity contribution in [2.75, 3.05) is 0 Å². The molecule has 0 aliphatic rings. The molecule has 6 heteroatoms. The van der Waals surface area contributed by atoms with Gasteiger partial charge in [0.1, 0.15) is 18.6 Å². The van der Waals surface area contributed by atoms with Gasteiger partial charge in [-0.2, -0.15) is 14.2 Å². The van der Waals surface area contributed by atoms with E-state index < -0.39 is 0 Å². The molecular weight excluding hydrogens is 228 g/mol. The molecule has 4 aromatic rings. The lowest BCUT2D eigenvalue weighted by Crippen LogP contribution is -2.30. The highest BCUT2D eigenvalue weighted by Crippen LogP contribution is 2.03. The summed E-state index contributed by atoms with van der Waals surface area (Å²) in [5.41, 5.74) is 1.70. The fraction of sp³-hybridized carbons (Fsp3) is 0. The van der Waals surface area contributed by atoms with E-state index in [0.717, 1.165) is 17.1 Å². The molecule has 0 N–H and O–H groups in total. The molecule has 4 heterocycles. The van der Waals surface area contributed by atoms with E-state index in [-0.39, 0.29) is 0 Å². The van der Waals surface area contributed by atoms with Crippen LogP contribution >= 0.6 is 0 Å². The van der Waals surface area contributed by atoms with Crippen molar-refractivity contribution in [3.05, 3.63) is 55.5 Å². The Bertz CT molecular complexity index is 811. The van der Waals surface area contributed by atoms with E-state index in [2.05, 4.69) is 15.1 Å². The molecule has 4 rings (SSSR count). The van der Waals surface area contributed by atoms with Gasteiger partial charge in [0.2, 0.25) is 0 Å². The van der Waals surface area contributed by atoms with Crippen molar-refractivity contribution < 1.29 is 4.57 Å². The van der Waals surface area contributed by atoms with Crippen molar-refractivity contribution >= 4 is 11.3 Å². The molecule has 0 spiro atoms. The highest BCUT2D eigenvalue weighted by Gasteiger charge is 2.13. The molecule has 0 radical (unpaired) electrons. The molecule has 0 aliphatic carbocycles. The molecule has 18 heavy (non-hydrogen) atoms. The lowest BCUT2D eigenvalue weighted by molar-refractivity contribution is -0.598. The lowest BCUT2D eigenvalue weighted by atomic mass is 10.6. The van der Waals surface area contributed by atoms with E-state index >= 15 is 0 Å². The van der Waals surface area contributed by atoms with Crippen LogP contribution in [0.4, 0.5) is 0 Å². The molecule has 0 unspecified atom stereocenters. The summed E-state index contributed by atoms with van der Waals surface area (Å²) in [5, 5.41) is 4.20. The van der Waals surface area contributed by atoms with Gasteiger partial charge in [-0.3, -0.25) is 0 Å². The van der Waals surface area contributed by atoms with E-state index in [1.807, 2.05) is 52.1 Å².